The fourth-order valence-corrected chi connectivity index (χ4v) is 3.11. The number of rotatable bonds is 4. The summed E-state index contributed by atoms with van der Waals surface area (Å²) in [5.74, 6) is -0.0958. The predicted molar refractivity (Wildman–Crippen MR) is 100.0 cm³/mol. The maximum Gasteiger partial charge on any atom is 0.573 e. The summed E-state index contributed by atoms with van der Waals surface area (Å²) in [5.41, 5.74) is 3.01. The van der Waals surface area contributed by atoms with Crippen LogP contribution >= 0.6 is 0 Å². The van der Waals surface area contributed by atoms with Gasteiger partial charge in [-0.25, -0.2) is 15.0 Å². The zero-order valence-corrected chi connectivity index (χ0v) is 15.2. The van der Waals surface area contributed by atoms with Gasteiger partial charge in [0.2, 0.25) is 5.95 Å². The predicted octanol–water partition coefficient (Wildman–Crippen LogP) is 3.51. The molecule has 4 aromatic heterocycles. The van der Waals surface area contributed by atoms with Gasteiger partial charge in [0.05, 0.1) is 30.1 Å². The summed E-state index contributed by atoms with van der Waals surface area (Å²) in [7, 11) is 0. The van der Waals surface area contributed by atoms with Crippen molar-refractivity contribution in [2.45, 2.75) is 12.9 Å². The molecule has 0 unspecified atom stereocenters. The molecular formula is C19H12F3N7O. The molecule has 0 aliphatic rings. The molecule has 8 nitrogen and oxygen atoms in total. The third-order valence-corrected chi connectivity index (χ3v) is 4.39. The molecule has 5 rings (SSSR count). The van der Waals surface area contributed by atoms with Gasteiger partial charge in [0.15, 0.2) is 5.65 Å². The quantitative estimate of drug-likeness (QED) is 0.450. The molecule has 0 radical (unpaired) electrons. The Morgan fingerprint density at radius 1 is 0.967 bits per heavy atom. The van der Waals surface area contributed by atoms with Crippen LogP contribution in [-0.4, -0.2) is 40.4 Å². The first-order chi connectivity index (χ1) is 14.5. The molecule has 0 spiro atoms. The fraction of sp³-hybridized carbons (Fsp3) is 0.105. The van der Waals surface area contributed by atoms with Gasteiger partial charge in [0.1, 0.15) is 17.6 Å². The zero-order chi connectivity index (χ0) is 20.7. The number of halogens is 3. The number of imidazole rings is 2. The molecule has 0 aliphatic heterocycles. The van der Waals surface area contributed by atoms with E-state index < -0.39 is 6.36 Å². The highest BCUT2D eigenvalue weighted by Crippen LogP contribution is 2.27. The molecule has 0 atom stereocenters. The summed E-state index contributed by atoms with van der Waals surface area (Å²) in [4.78, 5) is 21.4. The number of nitrogens with zero attached hydrogens (tertiary/aromatic N) is 7. The van der Waals surface area contributed by atoms with Crippen LogP contribution in [0.2, 0.25) is 0 Å². The first-order valence-electron chi connectivity index (χ1n) is 8.76. The molecule has 5 aromatic rings. The van der Waals surface area contributed by atoms with Crippen molar-refractivity contribution in [2.75, 3.05) is 0 Å². The first kappa shape index (κ1) is 18.0. The summed E-state index contributed by atoms with van der Waals surface area (Å²) < 4.78 is 45.1. The van der Waals surface area contributed by atoms with Crippen molar-refractivity contribution in [3.05, 3.63) is 67.1 Å². The van der Waals surface area contributed by atoms with E-state index in [0.29, 0.717) is 28.7 Å². The van der Waals surface area contributed by atoms with Gasteiger partial charge in [-0.1, -0.05) is 6.07 Å². The van der Waals surface area contributed by atoms with Gasteiger partial charge in [0.25, 0.3) is 0 Å². The van der Waals surface area contributed by atoms with Crippen LogP contribution in [0.4, 0.5) is 13.2 Å². The van der Waals surface area contributed by atoms with Crippen molar-refractivity contribution >= 4 is 22.2 Å². The van der Waals surface area contributed by atoms with Crippen LogP contribution in [0.1, 0.15) is 5.56 Å². The lowest BCUT2D eigenvalue weighted by Crippen LogP contribution is -2.17. The van der Waals surface area contributed by atoms with Crippen LogP contribution in [0.5, 0.6) is 5.75 Å². The van der Waals surface area contributed by atoms with Crippen LogP contribution < -0.4 is 4.74 Å². The highest BCUT2D eigenvalue weighted by atomic mass is 19.4. The Kier molecular flexibility index (Phi) is 4.09. The van der Waals surface area contributed by atoms with Gasteiger partial charge < -0.3 is 9.30 Å². The van der Waals surface area contributed by atoms with Gasteiger partial charge in [0, 0.05) is 18.5 Å². The lowest BCUT2D eigenvalue weighted by Gasteiger charge is -2.09. The third-order valence-electron chi connectivity index (χ3n) is 4.39. The van der Waals surface area contributed by atoms with Gasteiger partial charge in [-0.3, -0.25) is 9.55 Å². The molecule has 1 aromatic carbocycles. The van der Waals surface area contributed by atoms with E-state index in [2.05, 4.69) is 29.7 Å². The minimum atomic E-state index is -4.78. The van der Waals surface area contributed by atoms with E-state index in [4.69, 9.17) is 0 Å². The van der Waals surface area contributed by atoms with Crippen LogP contribution in [0.25, 0.3) is 28.1 Å². The van der Waals surface area contributed by atoms with E-state index in [1.54, 1.807) is 24.9 Å². The SMILES string of the molecule is FC(F)(F)Oc1ccc2ncn(-c3ncc4ncn(Cc5cccnc5)c4n3)c2c1. The lowest BCUT2D eigenvalue weighted by molar-refractivity contribution is -0.274. The van der Waals surface area contributed by atoms with Gasteiger partial charge in [-0.15, -0.1) is 13.2 Å². The van der Waals surface area contributed by atoms with E-state index >= 15 is 0 Å². The van der Waals surface area contributed by atoms with E-state index in [1.807, 2.05) is 16.7 Å². The maximum atomic E-state index is 12.6. The summed E-state index contributed by atoms with van der Waals surface area (Å²) in [5, 5.41) is 0. The van der Waals surface area contributed by atoms with Crippen LogP contribution in [0, 0.1) is 0 Å². The molecule has 0 fully saturated rings. The van der Waals surface area contributed by atoms with Crippen molar-refractivity contribution in [1.29, 1.82) is 0 Å². The van der Waals surface area contributed by atoms with Gasteiger partial charge >= 0.3 is 6.36 Å². The highest BCUT2D eigenvalue weighted by Gasteiger charge is 2.31. The minimum Gasteiger partial charge on any atom is -0.406 e. The summed E-state index contributed by atoms with van der Waals surface area (Å²) in [6, 6.07) is 7.67. The Morgan fingerprint density at radius 2 is 1.83 bits per heavy atom. The maximum absolute atomic E-state index is 12.6. The van der Waals surface area contributed by atoms with E-state index in [9.17, 15) is 13.2 Å². The van der Waals surface area contributed by atoms with Crippen molar-refractivity contribution in [1.82, 2.24) is 34.1 Å². The second kappa shape index (κ2) is 6.79. The average molecular weight is 411 g/mol. The molecule has 30 heavy (non-hydrogen) atoms. The van der Waals surface area contributed by atoms with E-state index in [-0.39, 0.29) is 11.7 Å². The van der Waals surface area contributed by atoms with Gasteiger partial charge in [-0.05, 0) is 23.8 Å². The largest absolute Gasteiger partial charge is 0.573 e. The second-order valence-corrected chi connectivity index (χ2v) is 6.43. The number of hydrogen-bond donors (Lipinski definition) is 0. The van der Waals surface area contributed by atoms with Crippen LogP contribution in [0.3, 0.4) is 0 Å². The Labute approximate surface area is 166 Å². The Hall–Kier alpha value is -4.02. The number of pyridine rings is 1. The van der Waals surface area contributed by atoms with Crippen LogP contribution in [-0.2, 0) is 6.54 Å². The van der Waals surface area contributed by atoms with Crippen LogP contribution in [0.15, 0.2) is 61.6 Å². The van der Waals surface area contributed by atoms with Gasteiger partial charge in [-0.2, -0.15) is 4.98 Å². The van der Waals surface area contributed by atoms with Crippen molar-refractivity contribution in [3.63, 3.8) is 0 Å². The number of alkyl halides is 3. The molecule has 0 aliphatic carbocycles. The number of fused-ring (bicyclic) bond motifs is 2. The molecular weight excluding hydrogens is 399 g/mol. The molecule has 150 valence electrons. The van der Waals surface area contributed by atoms with Crippen molar-refractivity contribution in [3.8, 4) is 11.7 Å². The number of aromatic nitrogens is 7. The fourth-order valence-electron chi connectivity index (χ4n) is 3.11. The number of benzene rings is 1. The monoisotopic (exact) mass is 411 g/mol. The van der Waals surface area contributed by atoms with Crippen molar-refractivity contribution in [2.24, 2.45) is 0 Å². The smallest absolute Gasteiger partial charge is 0.406 e. The Bertz CT molecular complexity index is 1350. The Balaban J connectivity index is 1.56. The number of ether oxygens (including phenoxy) is 1. The minimum absolute atomic E-state index is 0.252. The van der Waals surface area contributed by atoms with E-state index in [0.717, 1.165) is 5.56 Å². The molecule has 4 heterocycles. The summed E-state index contributed by atoms with van der Waals surface area (Å²) in [6.45, 7) is 0.509. The summed E-state index contributed by atoms with van der Waals surface area (Å²) in [6.07, 6.45) is 3.31. The molecule has 0 saturated carbocycles. The topological polar surface area (TPSA) is 83.5 Å². The van der Waals surface area contributed by atoms with E-state index in [1.165, 1.54) is 29.1 Å². The molecule has 0 amide bonds. The molecule has 0 bridgehead atoms. The van der Waals surface area contributed by atoms with Crippen molar-refractivity contribution < 1.29 is 17.9 Å². The molecule has 11 heteroatoms. The Morgan fingerprint density at radius 3 is 2.63 bits per heavy atom. The average Bonchev–Trinajstić information content (AvgIpc) is 3.31. The normalized spacial score (nSPS) is 12.0. The molecule has 0 N–H and O–H groups in total. The first-order valence-corrected chi connectivity index (χ1v) is 8.76. The highest BCUT2D eigenvalue weighted by molar-refractivity contribution is 5.79. The number of hydrogen-bond acceptors (Lipinski definition) is 6. The summed E-state index contributed by atoms with van der Waals surface area (Å²) >= 11 is 0. The molecule has 0 saturated heterocycles. The lowest BCUT2D eigenvalue weighted by atomic mass is 10.3. The second-order valence-electron chi connectivity index (χ2n) is 6.43. The third kappa shape index (κ3) is 3.41. The zero-order valence-electron chi connectivity index (χ0n) is 15.2. The standard InChI is InChI=1S/C19H12F3N7O/c20-19(21,22)30-13-3-4-14-16(6-13)29(11-26-14)18-24-8-15-17(27-18)28(10-25-15)9-12-2-1-5-23-7-12/h1-8,10-11H,9H2.